The van der Waals surface area contributed by atoms with Crippen LogP contribution in [0.5, 0.6) is 0 Å². The van der Waals surface area contributed by atoms with Crippen LogP contribution in [-0.4, -0.2) is 55.6 Å². The van der Waals surface area contributed by atoms with Crippen LogP contribution in [0.2, 0.25) is 0 Å². The summed E-state index contributed by atoms with van der Waals surface area (Å²) in [4.78, 5) is 11.6. The number of carbonyl (C=O) groups excluding carboxylic acids is 1. The van der Waals surface area contributed by atoms with Crippen molar-refractivity contribution in [3.8, 4) is 0 Å². The number of carbonyl (C=O) groups is 1. The van der Waals surface area contributed by atoms with Gasteiger partial charge in [0, 0.05) is 36.8 Å². The molecule has 0 saturated carbocycles. The molecule has 1 aliphatic heterocycles. The largest absolute Gasteiger partial charge is 0.337 e. The molecule has 21 heavy (non-hydrogen) atoms. The van der Waals surface area contributed by atoms with E-state index in [1.165, 1.54) is 4.31 Å². The molecule has 0 radical (unpaired) electrons. The molecule has 1 fully saturated rings. The van der Waals surface area contributed by atoms with Gasteiger partial charge in [0.15, 0.2) is 0 Å². The second-order valence-corrected chi connectivity index (χ2v) is 7.89. The van der Waals surface area contributed by atoms with Gasteiger partial charge in [-0.3, -0.25) is 0 Å². The minimum absolute atomic E-state index is 0.0696. The van der Waals surface area contributed by atoms with Gasteiger partial charge in [-0.15, -0.1) is 0 Å². The Hall–Kier alpha value is -1.25. The van der Waals surface area contributed by atoms with Crippen LogP contribution in [0.3, 0.4) is 0 Å². The summed E-state index contributed by atoms with van der Waals surface area (Å²) in [5, 5.41) is 5.21. The van der Waals surface area contributed by atoms with Crippen LogP contribution in [0.1, 0.15) is 0 Å². The molecular formula is C13H19N3O3S2. The Kier molecular flexibility index (Phi) is 5.89. The fraction of sp³-hybridized carbons (Fsp3) is 0.462. The Morgan fingerprint density at radius 3 is 2.52 bits per heavy atom. The zero-order valence-corrected chi connectivity index (χ0v) is 13.3. The molecule has 116 valence electrons. The van der Waals surface area contributed by atoms with Crippen LogP contribution in [-0.2, 0) is 10.0 Å². The zero-order chi connectivity index (χ0) is 15.1. The molecule has 1 aromatic rings. The summed E-state index contributed by atoms with van der Waals surface area (Å²) in [6.07, 6.45) is 0. The first-order chi connectivity index (χ1) is 10.1. The Morgan fingerprint density at radius 2 is 1.86 bits per heavy atom. The monoisotopic (exact) mass is 329 g/mol. The maximum atomic E-state index is 12.1. The number of nitrogens with one attached hydrogen (secondary N) is 2. The predicted molar refractivity (Wildman–Crippen MR) is 86.1 cm³/mol. The lowest BCUT2D eigenvalue weighted by molar-refractivity contribution is 0.252. The van der Waals surface area contributed by atoms with Crippen molar-refractivity contribution in [1.29, 1.82) is 0 Å². The average Bonchev–Trinajstić information content (AvgIpc) is 2.49. The molecule has 0 atom stereocenters. The van der Waals surface area contributed by atoms with Crippen molar-refractivity contribution in [3.63, 3.8) is 0 Å². The third-order valence-electron chi connectivity index (χ3n) is 3.04. The first-order valence-corrected chi connectivity index (χ1v) is 9.50. The van der Waals surface area contributed by atoms with Crippen molar-refractivity contribution < 1.29 is 13.2 Å². The van der Waals surface area contributed by atoms with Gasteiger partial charge in [-0.2, -0.15) is 11.8 Å². The molecule has 0 aliphatic carbocycles. The number of amides is 2. The Balaban J connectivity index is 1.74. The van der Waals surface area contributed by atoms with Crippen LogP contribution in [0.4, 0.5) is 10.5 Å². The molecule has 0 bridgehead atoms. The van der Waals surface area contributed by atoms with Crippen molar-refractivity contribution in [2.45, 2.75) is 0 Å². The standard InChI is InChI=1S/C13H19N3O3S2/c17-13(15-12-4-2-1-3-5-12)14-6-11-21(18,19)16-7-9-20-10-8-16/h1-5H,6-11H2,(H2,14,15,17). The highest BCUT2D eigenvalue weighted by Gasteiger charge is 2.23. The molecule has 0 aromatic heterocycles. The van der Waals surface area contributed by atoms with Crippen LogP contribution >= 0.6 is 11.8 Å². The number of hydrogen-bond donors (Lipinski definition) is 2. The van der Waals surface area contributed by atoms with E-state index in [1.807, 2.05) is 18.2 Å². The number of rotatable bonds is 5. The molecular weight excluding hydrogens is 310 g/mol. The summed E-state index contributed by atoms with van der Waals surface area (Å²) >= 11 is 1.76. The maximum absolute atomic E-state index is 12.1. The third-order valence-corrected chi connectivity index (χ3v) is 5.86. The average molecular weight is 329 g/mol. The molecule has 0 spiro atoms. The lowest BCUT2D eigenvalue weighted by Gasteiger charge is -2.25. The SMILES string of the molecule is O=C(NCCS(=O)(=O)N1CCSCC1)Nc1ccccc1. The molecule has 2 N–H and O–H groups in total. The summed E-state index contributed by atoms with van der Waals surface area (Å²) in [7, 11) is -3.27. The van der Waals surface area contributed by atoms with Gasteiger partial charge in [0.1, 0.15) is 0 Å². The van der Waals surface area contributed by atoms with Crippen molar-refractivity contribution in [1.82, 2.24) is 9.62 Å². The zero-order valence-electron chi connectivity index (χ0n) is 11.6. The molecule has 1 aromatic carbocycles. The fourth-order valence-corrected chi connectivity index (χ4v) is 4.44. The van der Waals surface area contributed by atoms with E-state index in [9.17, 15) is 13.2 Å². The molecule has 1 aliphatic rings. The molecule has 1 saturated heterocycles. The van der Waals surface area contributed by atoms with E-state index >= 15 is 0 Å². The molecule has 6 nitrogen and oxygen atoms in total. The summed E-state index contributed by atoms with van der Waals surface area (Å²) in [6, 6.07) is 8.62. The van der Waals surface area contributed by atoms with Gasteiger partial charge in [-0.05, 0) is 12.1 Å². The number of sulfonamides is 1. The second-order valence-electron chi connectivity index (χ2n) is 4.57. The van der Waals surface area contributed by atoms with Crippen LogP contribution < -0.4 is 10.6 Å². The van der Waals surface area contributed by atoms with Crippen molar-refractivity contribution in [3.05, 3.63) is 30.3 Å². The number of para-hydroxylation sites is 1. The lowest BCUT2D eigenvalue weighted by Crippen LogP contribution is -2.42. The molecule has 8 heteroatoms. The van der Waals surface area contributed by atoms with E-state index in [0.29, 0.717) is 18.8 Å². The minimum Gasteiger partial charge on any atom is -0.337 e. The Bertz CT molecular complexity index is 557. The van der Waals surface area contributed by atoms with Crippen molar-refractivity contribution in [2.75, 3.05) is 42.2 Å². The normalized spacial score (nSPS) is 16.4. The van der Waals surface area contributed by atoms with Crippen molar-refractivity contribution >= 4 is 33.5 Å². The van der Waals surface area contributed by atoms with E-state index in [2.05, 4.69) is 10.6 Å². The van der Waals surface area contributed by atoms with Gasteiger partial charge in [0.05, 0.1) is 5.75 Å². The smallest absolute Gasteiger partial charge is 0.319 e. The number of urea groups is 1. The van der Waals surface area contributed by atoms with Gasteiger partial charge < -0.3 is 10.6 Å². The summed E-state index contributed by atoms with van der Waals surface area (Å²) in [6.45, 7) is 1.22. The predicted octanol–water partition coefficient (Wildman–Crippen LogP) is 1.19. The van der Waals surface area contributed by atoms with Crippen LogP contribution in [0.15, 0.2) is 30.3 Å². The van der Waals surface area contributed by atoms with Gasteiger partial charge in [-0.25, -0.2) is 17.5 Å². The van der Waals surface area contributed by atoms with E-state index < -0.39 is 16.1 Å². The number of hydrogen-bond acceptors (Lipinski definition) is 4. The summed E-state index contributed by atoms with van der Waals surface area (Å²) < 4.78 is 25.6. The van der Waals surface area contributed by atoms with E-state index in [4.69, 9.17) is 0 Å². The number of anilines is 1. The lowest BCUT2D eigenvalue weighted by atomic mass is 10.3. The third kappa shape index (κ3) is 5.22. The van der Waals surface area contributed by atoms with Gasteiger partial charge in [-0.1, -0.05) is 18.2 Å². The van der Waals surface area contributed by atoms with E-state index in [-0.39, 0.29) is 12.3 Å². The second kappa shape index (κ2) is 7.67. The van der Waals surface area contributed by atoms with E-state index in [0.717, 1.165) is 11.5 Å². The highest BCUT2D eigenvalue weighted by molar-refractivity contribution is 7.99. The number of thioether (sulfide) groups is 1. The maximum Gasteiger partial charge on any atom is 0.319 e. The fourth-order valence-electron chi connectivity index (χ4n) is 1.94. The Labute approximate surface area is 129 Å². The summed E-state index contributed by atoms with van der Waals surface area (Å²) in [5.74, 6) is 1.60. The molecule has 2 amide bonds. The quantitative estimate of drug-likeness (QED) is 0.850. The Morgan fingerprint density at radius 1 is 1.19 bits per heavy atom. The molecule has 2 rings (SSSR count). The van der Waals surface area contributed by atoms with Crippen LogP contribution in [0.25, 0.3) is 0 Å². The van der Waals surface area contributed by atoms with E-state index in [1.54, 1.807) is 23.9 Å². The van der Waals surface area contributed by atoms with Gasteiger partial charge >= 0.3 is 6.03 Å². The number of nitrogens with zero attached hydrogens (tertiary/aromatic N) is 1. The van der Waals surface area contributed by atoms with Gasteiger partial charge in [0.25, 0.3) is 0 Å². The van der Waals surface area contributed by atoms with Gasteiger partial charge in [0.2, 0.25) is 10.0 Å². The highest BCUT2D eigenvalue weighted by atomic mass is 32.2. The highest BCUT2D eigenvalue weighted by Crippen LogP contribution is 2.13. The topological polar surface area (TPSA) is 78.5 Å². The molecule has 0 unspecified atom stereocenters. The molecule has 1 heterocycles. The summed E-state index contributed by atoms with van der Waals surface area (Å²) in [5.41, 5.74) is 0.672. The van der Waals surface area contributed by atoms with Crippen LogP contribution in [0, 0.1) is 0 Å². The minimum atomic E-state index is -3.27. The first kappa shape index (κ1) is 16.1. The number of benzene rings is 1. The van der Waals surface area contributed by atoms with Crippen molar-refractivity contribution in [2.24, 2.45) is 0 Å². The first-order valence-electron chi connectivity index (χ1n) is 6.73.